The molecule has 0 saturated heterocycles. The Morgan fingerprint density at radius 2 is 2.09 bits per heavy atom. The summed E-state index contributed by atoms with van der Waals surface area (Å²) in [6, 6.07) is 8.68. The normalized spacial score (nSPS) is 10.4. The number of carbonyl (C=O) groups excluding carboxylic acids is 1. The number of aliphatic hydroxyl groups is 1. The van der Waals surface area contributed by atoms with Crippen LogP contribution in [0.1, 0.15) is 22.8 Å². The number of hydrogen-bond acceptors (Lipinski definition) is 3. The topological polar surface area (TPSA) is 58.6 Å². The summed E-state index contributed by atoms with van der Waals surface area (Å²) in [7, 11) is 0. The van der Waals surface area contributed by atoms with Crippen molar-refractivity contribution in [2.45, 2.75) is 13.5 Å². The number of carbonyl (C=O) groups is 1. The van der Waals surface area contributed by atoms with E-state index in [1.165, 1.54) is 12.1 Å². The minimum absolute atomic E-state index is 0.108. The number of anilines is 1. The van der Waals surface area contributed by atoms with E-state index in [-0.39, 0.29) is 17.2 Å². The van der Waals surface area contributed by atoms with Gasteiger partial charge < -0.3 is 15.2 Å². The molecule has 0 saturated carbocycles. The Morgan fingerprint density at radius 3 is 2.73 bits per heavy atom. The lowest BCUT2D eigenvalue weighted by atomic mass is 10.1. The number of amides is 1. The fraction of sp³-hybridized carbons (Fsp3) is 0.188. The first kappa shape index (κ1) is 16.3. The molecule has 4 nitrogen and oxygen atoms in total. The largest absolute Gasteiger partial charge is 0.494 e. The van der Waals surface area contributed by atoms with E-state index in [9.17, 15) is 14.3 Å². The van der Waals surface area contributed by atoms with Crippen LogP contribution < -0.4 is 10.1 Å². The summed E-state index contributed by atoms with van der Waals surface area (Å²) < 4.78 is 19.1. The van der Waals surface area contributed by atoms with Crippen LogP contribution >= 0.6 is 11.6 Å². The van der Waals surface area contributed by atoms with Gasteiger partial charge in [0, 0.05) is 16.3 Å². The van der Waals surface area contributed by atoms with Crippen molar-refractivity contribution in [3.63, 3.8) is 0 Å². The first-order valence-electron chi connectivity index (χ1n) is 6.68. The van der Waals surface area contributed by atoms with Crippen LogP contribution in [0.15, 0.2) is 36.4 Å². The molecular formula is C16H15ClFNO3. The van der Waals surface area contributed by atoms with Gasteiger partial charge in [0.05, 0.1) is 18.8 Å². The molecule has 0 heterocycles. The van der Waals surface area contributed by atoms with Crippen molar-refractivity contribution in [1.29, 1.82) is 0 Å². The van der Waals surface area contributed by atoms with Crippen LogP contribution in [0, 0.1) is 5.82 Å². The summed E-state index contributed by atoms with van der Waals surface area (Å²) in [6.07, 6.45) is 0. The minimum atomic E-state index is -0.696. The maximum Gasteiger partial charge on any atom is 0.258 e. The van der Waals surface area contributed by atoms with Crippen molar-refractivity contribution < 1.29 is 19.0 Å². The molecule has 116 valence electrons. The van der Waals surface area contributed by atoms with E-state index in [4.69, 9.17) is 16.3 Å². The zero-order chi connectivity index (χ0) is 16.1. The van der Waals surface area contributed by atoms with Gasteiger partial charge in [0.15, 0.2) is 0 Å². The fourth-order valence-electron chi connectivity index (χ4n) is 1.95. The predicted molar refractivity (Wildman–Crippen MR) is 82.9 cm³/mol. The lowest BCUT2D eigenvalue weighted by Crippen LogP contribution is -2.14. The number of hydrogen-bond donors (Lipinski definition) is 2. The zero-order valence-electron chi connectivity index (χ0n) is 11.9. The summed E-state index contributed by atoms with van der Waals surface area (Å²) in [6.45, 7) is 2.07. The third-order valence-corrected chi connectivity index (χ3v) is 3.20. The Kier molecular flexibility index (Phi) is 5.35. The van der Waals surface area contributed by atoms with Gasteiger partial charge in [-0.2, -0.15) is 0 Å². The Hall–Kier alpha value is -2.11. The summed E-state index contributed by atoms with van der Waals surface area (Å²) in [5.41, 5.74) is 0.868. The van der Waals surface area contributed by atoms with E-state index in [1.807, 2.05) is 6.92 Å². The molecule has 0 spiro atoms. The summed E-state index contributed by atoms with van der Waals surface area (Å²) in [5, 5.41) is 12.1. The van der Waals surface area contributed by atoms with E-state index in [1.54, 1.807) is 18.2 Å². The third kappa shape index (κ3) is 3.75. The van der Waals surface area contributed by atoms with Gasteiger partial charge in [0.25, 0.3) is 5.91 Å². The molecule has 2 aromatic carbocycles. The minimum Gasteiger partial charge on any atom is -0.494 e. The number of benzene rings is 2. The van der Waals surface area contributed by atoms with Crippen LogP contribution in [0.25, 0.3) is 0 Å². The summed E-state index contributed by atoms with van der Waals surface area (Å²) in [5.74, 6) is -0.749. The molecule has 0 unspecified atom stereocenters. The lowest BCUT2D eigenvalue weighted by Gasteiger charge is -2.11. The molecule has 1 amide bonds. The number of rotatable bonds is 5. The molecule has 22 heavy (non-hydrogen) atoms. The van der Waals surface area contributed by atoms with Crippen molar-refractivity contribution in [1.82, 2.24) is 0 Å². The molecule has 0 radical (unpaired) electrons. The van der Waals surface area contributed by atoms with Crippen LogP contribution in [0.3, 0.4) is 0 Å². The molecule has 2 aromatic rings. The summed E-state index contributed by atoms with van der Waals surface area (Å²) in [4.78, 5) is 12.1. The van der Waals surface area contributed by atoms with Gasteiger partial charge in [-0.05, 0) is 43.3 Å². The van der Waals surface area contributed by atoms with Gasteiger partial charge in [0.2, 0.25) is 0 Å². The highest BCUT2D eigenvalue weighted by Crippen LogP contribution is 2.24. The van der Waals surface area contributed by atoms with Gasteiger partial charge in [-0.3, -0.25) is 4.79 Å². The number of aliphatic hydroxyl groups excluding tert-OH is 1. The van der Waals surface area contributed by atoms with Crippen LogP contribution in [0.2, 0.25) is 5.02 Å². The van der Waals surface area contributed by atoms with Crippen LogP contribution in [0.5, 0.6) is 5.75 Å². The molecule has 0 aliphatic rings. The van der Waals surface area contributed by atoms with Crippen LogP contribution in [-0.4, -0.2) is 17.6 Å². The molecule has 6 heteroatoms. The molecular weight excluding hydrogens is 309 g/mol. The zero-order valence-corrected chi connectivity index (χ0v) is 12.7. The molecule has 0 fully saturated rings. The van der Waals surface area contributed by atoms with Gasteiger partial charge in [-0.15, -0.1) is 0 Å². The molecule has 0 aliphatic carbocycles. The van der Waals surface area contributed by atoms with E-state index in [0.717, 1.165) is 6.07 Å². The molecule has 2 N–H and O–H groups in total. The van der Waals surface area contributed by atoms with Crippen LogP contribution in [-0.2, 0) is 6.61 Å². The third-order valence-electron chi connectivity index (χ3n) is 2.96. The molecule has 0 atom stereocenters. The summed E-state index contributed by atoms with van der Waals surface area (Å²) >= 11 is 5.66. The average Bonchev–Trinajstić information content (AvgIpc) is 2.48. The Labute approximate surface area is 132 Å². The predicted octanol–water partition coefficient (Wildman–Crippen LogP) is 3.62. The van der Waals surface area contributed by atoms with Crippen molar-refractivity contribution in [2.24, 2.45) is 0 Å². The van der Waals surface area contributed by atoms with Crippen LogP contribution in [0.4, 0.5) is 10.1 Å². The smallest absolute Gasteiger partial charge is 0.258 e. The van der Waals surface area contributed by atoms with Gasteiger partial charge in [0.1, 0.15) is 11.6 Å². The highest BCUT2D eigenvalue weighted by molar-refractivity contribution is 6.30. The lowest BCUT2D eigenvalue weighted by molar-refractivity contribution is 0.102. The average molecular weight is 324 g/mol. The van der Waals surface area contributed by atoms with E-state index in [0.29, 0.717) is 23.6 Å². The molecule has 0 aromatic heterocycles. The molecule has 0 aliphatic heterocycles. The fourth-order valence-corrected chi connectivity index (χ4v) is 2.11. The Balaban J connectivity index is 2.21. The van der Waals surface area contributed by atoms with Crippen molar-refractivity contribution in [2.75, 3.05) is 11.9 Å². The first-order valence-corrected chi connectivity index (χ1v) is 7.06. The van der Waals surface area contributed by atoms with E-state index >= 15 is 0 Å². The SMILES string of the molecule is CCOc1ccc(NC(=O)c2ccc(Cl)cc2F)cc1CO. The first-order chi connectivity index (χ1) is 10.5. The maximum atomic E-state index is 13.7. The number of halogens is 2. The van der Waals surface area contributed by atoms with Crippen molar-refractivity contribution >= 4 is 23.2 Å². The second kappa shape index (κ2) is 7.24. The number of ether oxygens (including phenoxy) is 1. The standard InChI is InChI=1S/C16H15ClFNO3/c1-2-22-15-6-4-12(7-10(15)9-20)19-16(21)13-5-3-11(17)8-14(13)18/h3-8,20H,2,9H2,1H3,(H,19,21). The maximum absolute atomic E-state index is 13.7. The number of nitrogens with one attached hydrogen (secondary N) is 1. The van der Waals surface area contributed by atoms with E-state index in [2.05, 4.69) is 5.32 Å². The molecule has 0 bridgehead atoms. The second-order valence-electron chi connectivity index (χ2n) is 4.49. The Morgan fingerprint density at radius 1 is 1.32 bits per heavy atom. The second-order valence-corrected chi connectivity index (χ2v) is 4.93. The highest BCUT2D eigenvalue weighted by atomic mass is 35.5. The van der Waals surface area contributed by atoms with Gasteiger partial charge in [-0.1, -0.05) is 11.6 Å². The quantitative estimate of drug-likeness (QED) is 0.883. The van der Waals surface area contributed by atoms with Gasteiger partial charge in [-0.25, -0.2) is 4.39 Å². The monoisotopic (exact) mass is 323 g/mol. The van der Waals surface area contributed by atoms with Gasteiger partial charge >= 0.3 is 0 Å². The van der Waals surface area contributed by atoms with Crippen molar-refractivity contribution in [3.8, 4) is 5.75 Å². The highest BCUT2D eigenvalue weighted by Gasteiger charge is 2.13. The molecule has 2 rings (SSSR count). The van der Waals surface area contributed by atoms with Crippen molar-refractivity contribution in [3.05, 3.63) is 58.4 Å². The Bertz CT molecular complexity index is 691. The van der Waals surface area contributed by atoms with E-state index < -0.39 is 11.7 Å².